The molecule has 2 N–H and O–H groups in total. The third kappa shape index (κ3) is 7.94. The lowest BCUT2D eigenvalue weighted by atomic mass is 9.95. The number of nitrogens with two attached hydrogens (primary N) is 1. The minimum Gasteiger partial charge on any atom is -0.329 e. The molecule has 0 saturated heterocycles. The van der Waals surface area contributed by atoms with Crippen LogP contribution in [0.2, 0.25) is 0 Å². The van der Waals surface area contributed by atoms with E-state index in [9.17, 15) is 0 Å². The van der Waals surface area contributed by atoms with Gasteiger partial charge in [-0.25, -0.2) is 0 Å². The zero-order chi connectivity index (χ0) is 14.6. The molecular formula is C17H38N2. The van der Waals surface area contributed by atoms with Crippen LogP contribution >= 0.6 is 0 Å². The van der Waals surface area contributed by atoms with Crippen LogP contribution in [0.4, 0.5) is 0 Å². The smallest absolute Gasteiger partial charge is 0.0300 e. The normalized spacial score (nSPS) is 14.8. The Morgan fingerprint density at radius 1 is 0.789 bits per heavy atom. The zero-order valence-corrected chi connectivity index (χ0v) is 14.0. The van der Waals surface area contributed by atoms with E-state index in [1.165, 1.54) is 64.5 Å². The van der Waals surface area contributed by atoms with Crippen molar-refractivity contribution in [2.75, 3.05) is 19.6 Å². The van der Waals surface area contributed by atoms with Crippen molar-refractivity contribution in [3.05, 3.63) is 0 Å². The van der Waals surface area contributed by atoms with E-state index in [2.05, 4.69) is 32.6 Å². The SMILES string of the molecule is CCCCCCCCCN(CCC)C(C)(CC)CN. The first-order valence-corrected chi connectivity index (χ1v) is 8.59. The molecule has 0 bridgehead atoms. The Kier molecular flexibility index (Phi) is 11.7. The third-order valence-corrected chi connectivity index (χ3v) is 4.49. The summed E-state index contributed by atoms with van der Waals surface area (Å²) in [5.74, 6) is 0. The molecule has 19 heavy (non-hydrogen) atoms. The second-order valence-electron chi connectivity index (χ2n) is 6.16. The molecule has 1 atom stereocenters. The molecule has 116 valence electrons. The number of nitrogens with zero attached hydrogens (tertiary/aromatic N) is 1. The third-order valence-electron chi connectivity index (χ3n) is 4.49. The van der Waals surface area contributed by atoms with Gasteiger partial charge >= 0.3 is 0 Å². The van der Waals surface area contributed by atoms with E-state index < -0.39 is 0 Å². The van der Waals surface area contributed by atoms with Crippen LogP contribution in [0.5, 0.6) is 0 Å². The topological polar surface area (TPSA) is 29.3 Å². The van der Waals surface area contributed by atoms with E-state index >= 15 is 0 Å². The lowest BCUT2D eigenvalue weighted by Crippen LogP contribution is -2.51. The first kappa shape index (κ1) is 18.9. The van der Waals surface area contributed by atoms with Crippen LogP contribution in [0.3, 0.4) is 0 Å². The first-order chi connectivity index (χ1) is 9.14. The van der Waals surface area contributed by atoms with Crippen LogP contribution in [-0.2, 0) is 0 Å². The molecule has 0 radical (unpaired) electrons. The summed E-state index contributed by atoms with van der Waals surface area (Å²) in [6, 6.07) is 0. The van der Waals surface area contributed by atoms with Gasteiger partial charge in [0.25, 0.3) is 0 Å². The Hall–Kier alpha value is -0.0800. The van der Waals surface area contributed by atoms with E-state index in [4.69, 9.17) is 5.73 Å². The molecule has 2 nitrogen and oxygen atoms in total. The molecule has 1 unspecified atom stereocenters. The van der Waals surface area contributed by atoms with Gasteiger partial charge in [0.1, 0.15) is 0 Å². The highest BCUT2D eigenvalue weighted by molar-refractivity contribution is 4.85. The van der Waals surface area contributed by atoms with Gasteiger partial charge in [-0.2, -0.15) is 0 Å². The summed E-state index contributed by atoms with van der Waals surface area (Å²) >= 11 is 0. The largest absolute Gasteiger partial charge is 0.329 e. The molecule has 0 fully saturated rings. The lowest BCUT2D eigenvalue weighted by Gasteiger charge is -2.40. The second-order valence-corrected chi connectivity index (χ2v) is 6.16. The van der Waals surface area contributed by atoms with Crippen molar-refractivity contribution < 1.29 is 0 Å². The molecule has 0 saturated carbocycles. The average molecular weight is 271 g/mol. The van der Waals surface area contributed by atoms with Crippen molar-refractivity contribution in [3.63, 3.8) is 0 Å². The number of hydrogen-bond acceptors (Lipinski definition) is 2. The van der Waals surface area contributed by atoms with E-state index in [-0.39, 0.29) is 5.54 Å². The molecule has 0 heterocycles. The van der Waals surface area contributed by atoms with Crippen molar-refractivity contribution in [2.24, 2.45) is 5.73 Å². The molecule has 0 rings (SSSR count). The molecular weight excluding hydrogens is 232 g/mol. The van der Waals surface area contributed by atoms with Gasteiger partial charge in [-0.3, -0.25) is 4.90 Å². The van der Waals surface area contributed by atoms with Crippen molar-refractivity contribution in [2.45, 2.75) is 91.0 Å². The highest BCUT2D eigenvalue weighted by Crippen LogP contribution is 2.19. The van der Waals surface area contributed by atoms with Crippen molar-refractivity contribution in [1.82, 2.24) is 4.90 Å². The Balaban J connectivity index is 3.88. The van der Waals surface area contributed by atoms with Crippen molar-refractivity contribution >= 4 is 0 Å². The van der Waals surface area contributed by atoms with Gasteiger partial charge in [0.05, 0.1) is 0 Å². The lowest BCUT2D eigenvalue weighted by molar-refractivity contribution is 0.103. The van der Waals surface area contributed by atoms with Crippen LogP contribution in [0.15, 0.2) is 0 Å². The van der Waals surface area contributed by atoms with Crippen LogP contribution in [-0.4, -0.2) is 30.1 Å². The predicted molar refractivity (Wildman–Crippen MR) is 87.6 cm³/mol. The number of hydrogen-bond donors (Lipinski definition) is 1. The second kappa shape index (κ2) is 11.7. The quantitative estimate of drug-likeness (QED) is 0.496. The number of rotatable bonds is 13. The van der Waals surface area contributed by atoms with E-state index in [0.29, 0.717) is 0 Å². The standard InChI is InChI=1S/C17H38N2/c1-5-8-9-10-11-12-13-15-19(14-6-2)17(4,7-3)16-18/h5-16,18H2,1-4H3. The van der Waals surface area contributed by atoms with Crippen molar-refractivity contribution in [3.8, 4) is 0 Å². The molecule has 0 aliphatic heterocycles. The fourth-order valence-corrected chi connectivity index (χ4v) is 2.68. The molecule has 0 aromatic carbocycles. The fourth-order valence-electron chi connectivity index (χ4n) is 2.68. The maximum Gasteiger partial charge on any atom is 0.0300 e. The molecule has 0 aromatic heterocycles. The van der Waals surface area contributed by atoms with Gasteiger partial charge in [-0.15, -0.1) is 0 Å². The average Bonchev–Trinajstić information content (AvgIpc) is 2.44. The van der Waals surface area contributed by atoms with Crippen LogP contribution < -0.4 is 5.73 Å². The highest BCUT2D eigenvalue weighted by atomic mass is 15.2. The monoisotopic (exact) mass is 270 g/mol. The van der Waals surface area contributed by atoms with Crippen molar-refractivity contribution in [1.29, 1.82) is 0 Å². The predicted octanol–water partition coefficient (Wildman–Crippen LogP) is 4.58. The van der Waals surface area contributed by atoms with Gasteiger partial charge in [0.15, 0.2) is 0 Å². The minimum absolute atomic E-state index is 0.207. The Morgan fingerprint density at radius 2 is 1.37 bits per heavy atom. The molecule has 0 amide bonds. The summed E-state index contributed by atoms with van der Waals surface area (Å²) in [6.45, 7) is 12.3. The summed E-state index contributed by atoms with van der Waals surface area (Å²) in [5.41, 5.74) is 6.20. The van der Waals surface area contributed by atoms with E-state index in [0.717, 1.165) is 13.0 Å². The molecule has 2 heteroatoms. The Bertz CT molecular complexity index is 188. The Labute approximate surface area is 122 Å². The molecule has 0 spiro atoms. The summed E-state index contributed by atoms with van der Waals surface area (Å²) in [6.07, 6.45) is 12.1. The van der Waals surface area contributed by atoms with Crippen LogP contribution in [0.25, 0.3) is 0 Å². The summed E-state index contributed by atoms with van der Waals surface area (Å²) in [7, 11) is 0. The van der Waals surface area contributed by atoms with Gasteiger partial charge in [0, 0.05) is 12.1 Å². The molecule has 0 aliphatic carbocycles. The summed E-state index contributed by atoms with van der Waals surface area (Å²) in [5, 5.41) is 0. The zero-order valence-electron chi connectivity index (χ0n) is 14.0. The fraction of sp³-hybridized carbons (Fsp3) is 1.00. The van der Waals surface area contributed by atoms with Gasteiger partial charge in [-0.05, 0) is 39.3 Å². The van der Waals surface area contributed by atoms with Crippen LogP contribution in [0.1, 0.15) is 85.5 Å². The van der Waals surface area contributed by atoms with E-state index in [1.807, 2.05) is 0 Å². The highest BCUT2D eigenvalue weighted by Gasteiger charge is 2.27. The Morgan fingerprint density at radius 3 is 1.84 bits per heavy atom. The summed E-state index contributed by atoms with van der Waals surface area (Å²) in [4.78, 5) is 2.62. The minimum atomic E-state index is 0.207. The maximum atomic E-state index is 5.99. The molecule has 0 aliphatic rings. The number of unbranched alkanes of at least 4 members (excludes halogenated alkanes) is 6. The van der Waals surface area contributed by atoms with Gasteiger partial charge in [0.2, 0.25) is 0 Å². The van der Waals surface area contributed by atoms with E-state index in [1.54, 1.807) is 0 Å². The molecule has 0 aromatic rings. The first-order valence-electron chi connectivity index (χ1n) is 8.59. The summed E-state index contributed by atoms with van der Waals surface area (Å²) < 4.78 is 0. The van der Waals surface area contributed by atoms with Gasteiger partial charge < -0.3 is 5.73 Å². The van der Waals surface area contributed by atoms with Crippen LogP contribution in [0, 0.1) is 0 Å². The maximum absolute atomic E-state index is 5.99. The van der Waals surface area contributed by atoms with Gasteiger partial charge in [-0.1, -0.05) is 59.3 Å².